The first-order valence-corrected chi connectivity index (χ1v) is 5.04. The quantitative estimate of drug-likeness (QED) is 0.857. The first-order chi connectivity index (χ1) is 8.59. The number of carbonyl (C=O) groups is 1. The Morgan fingerprint density at radius 2 is 1.89 bits per heavy atom. The summed E-state index contributed by atoms with van der Waals surface area (Å²) in [5.74, 6) is -2.43. The van der Waals surface area contributed by atoms with E-state index in [1.807, 2.05) is 0 Å². The van der Waals surface area contributed by atoms with Crippen molar-refractivity contribution in [1.29, 1.82) is 0 Å². The van der Waals surface area contributed by atoms with E-state index in [4.69, 9.17) is 5.73 Å². The van der Waals surface area contributed by atoms with Crippen LogP contribution in [0.1, 0.15) is 10.4 Å². The number of hydrogen-bond donors (Lipinski definition) is 2. The minimum Gasteiger partial charge on any atom is -0.398 e. The lowest BCUT2D eigenvalue weighted by molar-refractivity contribution is 0.102. The van der Waals surface area contributed by atoms with E-state index in [-0.39, 0.29) is 11.3 Å². The molecular formula is C12H9F2N3O. The van der Waals surface area contributed by atoms with Gasteiger partial charge in [0.05, 0.1) is 5.56 Å². The van der Waals surface area contributed by atoms with E-state index < -0.39 is 23.2 Å². The van der Waals surface area contributed by atoms with Crippen molar-refractivity contribution in [2.45, 2.75) is 0 Å². The van der Waals surface area contributed by atoms with Crippen molar-refractivity contribution >= 4 is 17.3 Å². The number of halogens is 2. The van der Waals surface area contributed by atoms with Gasteiger partial charge in [0.2, 0.25) is 0 Å². The van der Waals surface area contributed by atoms with Crippen LogP contribution in [0.15, 0.2) is 36.7 Å². The van der Waals surface area contributed by atoms with Gasteiger partial charge in [-0.2, -0.15) is 0 Å². The highest BCUT2D eigenvalue weighted by atomic mass is 19.1. The molecule has 4 nitrogen and oxygen atoms in total. The molecule has 0 atom stereocenters. The van der Waals surface area contributed by atoms with Crippen molar-refractivity contribution in [2.75, 3.05) is 11.1 Å². The molecule has 2 rings (SSSR count). The fraction of sp³-hybridized carbons (Fsp3) is 0. The van der Waals surface area contributed by atoms with Crippen LogP contribution in [0.5, 0.6) is 0 Å². The van der Waals surface area contributed by atoms with Crippen molar-refractivity contribution < 1.29 is 13.6 Å². The van der Waals surface area contributed by atoms with E-state index in [0.717, 1.165) is 12.1 Å². The highest BCUT2D eigenvalue weighted by molar-refractivity contribution is 6.07. The topological polar surface area (TPSA) is 68.0 Å². The Hall–Kier alpha value is -2.50. The van der Waals surface area contributed by atoms with Crippen molar-refractivity contribution in [3.05, 3.63) is 53.9 Å². The first kappa shape index (κ1) is 12.0. The minimum atomic E-state index is -0.856. The van der Waals surface area contributed by atoms with E-state index in [9.17, 15) is 13.6 Å². The van der Waals surface area contributed by atoms with Crippen LogP contribution >= 0.6 is 0 Å². The molecule has 0 bridgehead atoms. The van der Waals surface area contributed by atoms with Gasteiger partial charge in [0.25, 0.3) is 5.91 Å². The predicted molar refractivity (Wildman–Crippen MR) is 63.0 cm³/mol. The Kier molecular flexibility index (Phi) is 3.18. The predicted octanol–water partition coefficient (Wildman–Crippen LogP) is 2.19. The molecule has 1 aromatic heterocycles. The first-order valence-electron chi connectivity index (χ1n) is 5.04. The standard InChI is InChI=1S/C12H9F2N3O/c13-8-2-1-3-9(14)11(8)17-12(18)7-6-16-5-4-10(7)15/h1-6H,(H2,15,16)(H,17,18). The zero-order valence-electron chi connectivity index (χ0n) is 9.15. The normalized spacial score (nSPS) is 10.1. The fourth-order valence-corrected chi connectivity index (χ4v) is 1.39. The molecule has 1 aromatic carbocycles. The number of nitrogens with one attached hydrogen (secondary N) is 1. The Morgan fingerprint density at radius 1 is 1.22 bits per heavy atom. The lowest BCUT2D eigenvalue weighted by atomic mass is 10.2. The molecule has 0 unspecified atom stereocenters. The lowest BCUT2D eigenvalue weighted by Gasteiger charge is -2.08. The monoisotopic (exact) mass is 249 g/mol. The SMILES string of the molecule is Nc1ccncc1C(=O)Nc1c(F)cccc1F. The Bertz CT molecular complexity index is 581. The van der Waals surface area contributed by atoms with Crippen LogP contribution in [0, 0.1) is 11.6 Å². The van der Waals surface area contributed by atoms with Crippen molar-refractivity contribution in [1.82, 2.24) is 4.98 Å². The van der Waals surface area contributed by atoms with E-state index in [1.165, 1.54) is 24.5 Å². The van der Waals surface area contributed by atoms with Crippen LogP contribution in [0.25, 0.3) is 0 Å². The van der Waals surface area contributed by atoms with Gasteiger partial charge in [-0.15, -0.1) is 0 Å². The van der Waals surface area contributed by atoms with Crippen LogP contribution in [-0.2, 0) is 0 Å². The number of rotatable bonds is 2. The molecule has 0 aliphatic rings. The third-order valence-electron chi connectivity index (χ3n) is 2.30. The summed E-state index contributed by atoms with van der Waals surface area (Å²) in [6.07, 6.45) is 2.64. The molecule has 3 N–H and O–H groups in total. The van der Waals surface area contributed by atoms with Gasteiger partial charge >= 0.3 is 0 Å². The van der Waals surface area contributed by atoms with Gasteiger partial charge in [-0.1, -0.05) is 6.07 Å². The third-order valence-corrected chi connectivity index (χ3v) is 2.30. The molecular weight excluding hydrogens is 240 g/mol. The molecule has 0 spiro atoms. The van der Waals surface area contributed by atoms with Crippen molar-refractivity contribution in [2.24, 2.45) is 0 Å². The maximum atomic E-state index is 13.3. The maximum Gasteiger partial charge on any atom is 0.259 e. The highest BCUT2D eigenvalue weighted by Gasteiger charge is 2.15. The Balaban J connectivity index is 2.30. The molecule has 0 fully saturated rings. The highest BCUT2D eigenvalue weighted by Crippen LogP contribution is 2.19. The van der Waals surface area contributed by atoms with E-state index in [0.29, 0.717) is 0 Å². The number of aromatic nitrogens is 1. The van der Waals surface area contributed by atoms with E-state index in [1.54, 1.807) is 0 Å². The zero-order chi connectivity index (χ0) is 13.1. The fourth-order valence-electron chi connectivity index (χ4n) is 1.39. The van der Waals surface area contributed by atoms with Gasteiger partial charge < -0.3 is 11.1 Å². The van der Waals surface area contributed by atoms with Gasteiger partial charge in [0.15, 0.2) is 0 Å². The molecule has 6 heteroatoms. The van der Waals surface area contributed by atoms with E-state index >= 15 is 0 Å². The van der Waals surface area contributed by atoms with Gasteiger partial charge in [0.1, 0.15) is 17.3 Å². The summed E-state index contributed by atoms with van der Waals surface area (Å²) in [6, 6.07) is 4.72. The number of nitrogen functional groups attached to an aromatic ring is 1. The smallest absolute Gasteiger partial charge is 0.259 e. The molecule has 0 saturated carbocycles. The molecule has 1 amide bonds. The molecule has 0 radical (unpaired) electrons. The lowest BCUT2D eigenvalue weighted by Crippen LogP contribution is -2.16. The Labute approximate surface area is 101 Å². The molecule has 1 heterocycles. The summed E-state index contributed by atoms with van der Waals surface area (Å²) in [5, 5.41) is 2.13. The number of amides is 1. The molecule has 2 aromatic rings. The average Bonchev–Trinajstić information content (AvgIpc) is 2.34. The number of nitrogens with zero attached hydrogens (tertiary/aromatic N) is 1. The van der Waals surface area contributed by atoms with Crippen molar-refractivity contribution in [3.63, 3.8) is 0 Å². The maximum absolute atomic E-state index is 13.3. The second kappa shape index (κ2) is 4.79. The largest absolute Gasteiger partial charge is 0.398 e. The van der Waals surface area contributed by atoms with Gasteiger partial charge in [-0.05, 0) is 18.2 Å². The van der Waals surface area contributed by atoms with Gasteiger partial charge in [-0.3, -0.25) is 9.78 Å². The van der Waals surface area contributed by atoms with Crippen LogP contribution in [-0.4, -0.2) is 10.9 Å². The second-order valence-electron chi connectivity index (χ2n) is 3.51. The van der Waals surface area contributed by atoms with Crippen LogP contribution in [0.4, 0.5) is 20.2 Å². The number of para-hydroxylation sites is 1. The van der Waals surface area contributed by atoms with E-state index in [2.05, 4.69) is 10.3 Å². The van der Waals surface area contributed by atoms with Gasteiger partial charge in [0, 0.05) is 18.1 Å². The summed E-state index contributed by atoms with van der Waals surface area (Å²) < 4.78 is 26.7. The number of carbonyl (C=O) groups excluding carboxylic acids is 1. The summed E-state index contributed by atoms with van der Waals surface area (Å²) in [6.45, 7) is 0. The number of benzene rings is 1. The summed E-state index contributed by atoms with van der Waals surface area (Å²) in [5.41, 5.74) is 5.29. The minimum absolute atomic E-state index is 0.0557. The molecule has 0 saturated heterocycles. The average molecular weight is 249 g/mol. The number of hydrogen-bond acceptors (Lipinski definition) is 3. The third kappa shape index (κ3) is 2.27. The summed E-state index contributed by atoms with van der Waals surface area (Å²) in [4.78, 5) is 15.5. The number of anilines is 2. The second-order valence-corrected chi connectivity index (χ2v) is 3.51. The van der Waals surface area contributed by atoms with Crippen LogP contribution in [0.2, 0.25) is 0 Å². The van der Waals surface area contributed by atoms with Crippen LogP contribution < -0.4 is 11.1 Å². The molecule has 0 aliphatic heterocycles. The number of nitrogens with two attached hydrogens (primary N) is 1. The molecule has 18 heavy (non-hydrogen) atoms. The molecule has 0 aliphatic carbocycles. The summed E-state index contributed by atoms with van der Waals surface area (Å²) in [7, 11) is 0. The van der Waals surface area contributed by atoms with Crippen molar-refractivity contribution in [3.8, 4) is 0 Å². The summed E-state index contributed by atoms with van der Waals surface area (Å²) >= 11 is 0. The van der Waals surface area contributed by atoms with Gasteiger partial charge in [-0.25, -0.2) is 8.78 Å². The Morgan fingerprint density at radius 3 is 2.50 bits per heavy atom. The molecule has 92 valence electrons. The van der Waals surface area contributed by atoms with Crippen LogP contribution in [0.3, 0.4) is 0 Å². The zero-order valence-corrected chi connectivity index (χ0v) is 9.15. The number of pyridine rings is 1.